The molecule has 10 heteroatoms. The summed E-state index contributed by atoms with van der Waals surface area (Å²) in [6.07, 6.45) is 3.28. The van der Waals surface area contributed by atoms with Crippen molar-refractivity contribution in [3.63, 3.8) is 0 Å². The van der Waals surface area contributed by atoms with E-state index in [1.165, 1.54) is 0 Å². The number of hydrogen-bond acceptors (Lipinski definition) is 5. The Kier molecular flexibility index (Phi) is 23.3. The van der Waals surface area contributed by atoms with Gasteiger partial charge in [0.25, 0.3) is 0 Å². The van der Waals surface area contributed by atoms with Gasteiger partial charge in [-0.25, -0.2) is 0 Å². The maximum absolute atomic E-state index is 9.87. The van der Waals surface area contributed by atoms with Crippen LogP contribution >= 0.6 is 0 Å². The van der Waals surface area contributed by atoms with Crippen LogP contribution in [0.1, 0.15) is 32.6 Å². The third kappa shape index (κ3) is 93.5. The molecule has 0 saturated carbocycles. The van der Waals surface area contributed by atoms with Crippen molar-refractivity contribution in [1.29, 1.82) is 0 Å². The van der Waals surface area contributed by atoms with E-state index in [1.54, 1.807) is 0 Å². The molecule has 16 heavy (non-hydrogen) atoms. The Morgan fingerprint density at radius 2 is 1.56 bits per heavy atom. The van der Waals surface area contributed by atoms with Crippen LogP contribution in [0.25, 0.3) is 0 Å². The molecule has 0 aliphatic heterocycles. The van der Waals surface area contributed by atoms with Crippen molar-refractivity contribution in [3.05, 3.63) is 0 Å². The van der Waals surface area contributed by atoms with Gasteiger partial charge in [-0.2, -0.15) is 0 Å². The van der Waals surface area contributed by atoms with E-state index in [2.05, 4.69) is 6.92 Å². The summed E-state index contributed by atoms with van der Waals surface area (Å²) in [6.45, 7) is 2.06. The Balaban J connectivity index is -0.000000179. The number of unbranched alkanes of at least 4 members (excludes halogenated alkanes) is 2. The number of aliphatic carboxylic acids is 1. The molecule has 0 spiro atoms. The Morgan fingerprint density at radius 1 is 1.25 bits per heavy atom. The minimum absolute atomic E-state index is 0.327. The molecule has 0 radical (unpaired) electrons. The van der Waals surface area contributed by atoms with Gasteiger partial charge in [-0.3, -0.25) is 4.79 Å². The number of rotatable bonds is 4. The number of hydrogen-bond donors (Lipinski definition) is 3. The van der Waals surface area contributed by atoms with Crippen molar-refractivity contribution >= 4 is 5.97 Å². The fourth-order valence-electron chi connectivity index (χ4n) is 0.526. The second-order valence-corrected chi connectivity index (χ2v) is 5.20. The first kappa shape index (κ1) is 21.4. The summed E-state index contributed by atoms with van der Waals surface area (Å²) < 4.78 is 49.2. The van der Waals surface area contributed by atoms with Crippen LogP contribution in [-0.4, -0.2) is 18.3 Å². The van der Waals surface area contributed by atoms with Crippen LogP contribution in [-0.2, 0) is 55.4 Å². The molecule has 0 aliphatic rings. The van der Waals surface area contributed by atoms with E-state index in [9.17, 15) is 4.79 Å². The van der Waals surface area contributed by atoms with Crippen molar-refractivity contribution in [3.8, 4) is 0 Å². The van der Waals surface area contributed by atoms with E-state index in [0.717, 1.165) is 19.3 Å². The first-order valence-electron chi connectivity index (χ1n) is 4.12. The summed E-state index contributed by atoms with van der Waals surface area (Å²) in [5, 5.41) is 8.14. The van der Waals surface area contributed by atoms with E-state index < -0.39 is 43.5 Å². The first-order chi connectivity index (χ1) is 7.23. The quantitative estimate of drug-likeness (QED) is 0.372. The fraction of sp³-hybridized carbons (Fsp3) is 0.833. The zero-order valence-electron chi connectivity index (χ0n) is 8.61. The molecule has 0 aromatic rings. The number of carboxylic acids is 1. The molecular weight excluding hydrogens is 474 g/mol. The molecule has 0 bridgehead atoms. The summed E-state index contributed by atoms with van der Waals surface area (Å²) in [5.74, 6) is -0.682. The van der Waals surface area contributed by atoms with Gasteiger partial charge >= 0.3 is 63.8 Å². The Bertz CT molecular complexity index is 259. The zero-order chi connectivity index (χ0) is 13.6. The summed E-state index contributed by atoms with van der Waals surface area (Å²) in [5.41, 5.74) is 0. The van der Waals surface area contributed by atoms with Gasteiger partial charge in [-0.05, 0) is 6.42 Å². The average molecular weight is 488 g/mol. The third-order valence-electron chi connectivity index (χ3n) is 0.994. The second-order valence-electron chi connectivity index (χ2n) is 2.33. The zero-order valence-corrected chi connectivity index (χ0v) is 14.0. The molecule has 0 atom stereocenters. The van der Waals surface area contributed by atoms with Gasteiger partial charge < -0.3 is 5.11 Å². The Morgan fingerprint density at radius 3 is 1.75 bits per heavy atom. The van der Waals surface area contributed by atoms with E-state index >= 15 is 0 Å². The van der Waals surface area contributed by atoms with E-state index in [-0.39, 0.29) is 0 Å². The van der Waals surface area contributed by atoms with Gasteiger partial charge in [0.2, 0.25) is 0 Å². The van der Waals surface area contributed by atoms with Crippen LogP contribution in [0.15, 0.2) is 0 Å². The van der Waals surface area contributed by atoms with Crippen LogP contribution in [0.5, 0.6) is 0 Å². The van der Waals surface area contributed by atoms with E-state index in [1.807, 2.05) is 0 Å². The van der Waals surface area contributed by atoms with Gasteiger partial charge in [0.05, 0.1) is 0 Å². The first-order valence-corrected chi connectivity index (χ1v) is 11.0. The van der Waals surface area contributed by atoms with Crippen molar-refractivity contribution < 1.29 is 67.7 Å². The summed E-state index contributed by atoms with van der Waals surface area (Å²) >= 11 is -8.04. The van der Waals surface area contributed by atoms with Gasteiger partial charge in [-0.1, -0.05) is 19.8 Å². The molecule has 0 rings (SSSR count). The molecule has 0 aromatic heterocycles. The van der Waals surface area contributed by atoms with Crippen LogP contribution in [0.3, 0.4) is 0 Å². The average Bonchev–Trinajstić information content (AvgIpc) is 2.01. The number of carbonyl (C=O) groups is 1. The van der Waals surface area contributed by atoms with E-state index in [0.29, 0.717) is 6.42 Å². The normalized spacial score (nSPS) is 7.69. The Hall–Kier alpha value is 0.0705. The monoisotopic (exact) mass is 488 g/mol. The number of carboxylic acid groups (broad SMARTS) is 1. The molecule has 0 heterocycles. The summed E-state index contributed by atoms with van der Waals surface area (Å²) in [6, 6.07) is 0. The summed E-state index contributed by atoms with van der Waals surface area (Å²) in [4.78, 5) is 9.87. The van der Waals surface area contributed by atoms with E-state index in [4.69, 9.17) is 25.3 Å². The van der Waals surface area contributed by atoms with Gasteiger partial charge in [0.1, 0.15) is 0 Å². The van der Waals surface area contributed by atoms with Crippen LogP contribution < -0.4 is 0 Å². The van der Waals surface area contributed by atoms with Crippen molar-refractivity contribution in [2.45, 2.75) is 32.6 Å². The molecule has 3 N–H and O–H groups in total. The molecule has 0 fully saturated rings. The third-order valence-corrected chi connectivity index (χ3v) is 0.994. The SMILES string of the molecule is CCCCCC(=O)O.[O]=[Nb](=[O])[OH].[O]=[Ta](=[O])[OH]. The minimum atomic E-state index is -4.09. The van der Waals surface area contributed by atoms with Crippen LogP contribution in [0, 0.1) is 0 Å². The molecule has 0 aromatic carbocycles. The second kappa shape index (κ2) is 17.5. The van der Waals surface area contributed by atoms with Gasteiger partial charge in [-0.15, -0.1) is 0 Å². The predicted octanol–water partition coefficient (Wildman–Crippen LogP) is 0.0571. The molecule has 0 amide bonds. The summed E-state index contributed by atoms with van der Waals surface area (Å²) in [7, 11) is 0. The molecule has 0 unspecified atom stereocenters. The molecule has 8 nitrogen and oxygen atoms in total. The fourth-order valence-corrected chi connectivity index (χ4v) is 0.526. The van der Waals surface area contributed by atoms with Gasteiger partial charge in [0.15, 0.2) is 0 Å². The molecule has 96 valence electrons. The molecule has 0 saturated heterocycles. The van der Waals surface area contributed by atoms with Crippen molar-refractivity contribution in [2.24, 2.45) is 0 Å². The maximum atomic E-state index is 9.87. The molecule has 0 aliphatic carbocycles. The Labute approximate surface area is 106 Å². The van der Waals surface area contributed by atoms with Gasteiger partial charge in [0, 0.05) is 6.42 Å². The topological polar surface area (TPSA) is 146 Å². The van der Waals surface area contributed by atoms with Crippen LogP contribution in [0.2, 0.25) is 0 Å². The van der Waals surface area contributed by atoms with Crippen LogP contribution in [0.4, 0.5) is 0 Å². The van der Waals surface area contributed by atoms with Crippen molar-refractivity contribution in [1.82, 2.24) is 0 Å². The molecular formula is C6H14NbO8Ta. The van der Waals surface area contributed by atoms with Crippen molar-refractivity contribution in [2.75, 3.05) is 0 Å². The predicted molar refractivity (Wildman–Crippen MR) is 39.0 cm³/mol. The standard InChI is InChI=1S/C6H12O2.Nb.2H2O.4O.Ta/c1-2-3-4-5-6(7)8;;;;;;;;/h2-5H2,1H3,(H,7,8);;2*1H2;;;;;/q;+1;;;;;;;+1/p-2.